The third-order valence-corrected chi connectivity index (χ3v) is 1.79. The molecule has 0 atom stereocenters. The highest BCUT2D eigenvalue weighted by Crippen LogP contribution is 2.15. The molecule has 0 aliphatic heterocycles. The van der Waals surface area contributed by atoms with Gasteiger partial charge in [-0.1, -0.05) is 29.8 Å². The van der Waals surface area contributed by atoms with Crippen molar-refractivity contribution in [2.24, 2.45) is 5.28 Å². The number of halogens is 1. The average molecular weight is 213 g/mol. The van der Waals surface area contributed by atoms with Gasteiger partial charge < -0.3 is 10.0 Å². The highest BCUT2D eigenvalue weighted by Gasteiger charge is 1.95. The van der Waals surface area contributed by atoms with Crippen LogP contribution in [0.15, 0.2) is 35.7 Å². The van der Waals surface area contributed by atoms with Crippen molar-refractivity contribution < 1.29 is 9.70 Å². The van der Waals surface area contributed by atoms with Gasteiger partial charge in [0.1, 0.15) is 7.11 Å². The topological polar surface area (TPSA) is 47.7 Å². The fourth-order valence-electron chi connectivity index (χ4n) is 0.862. The van der Waals surface area contributed by atoms with Crippen LogP contribution in [0.3, 0.4) is 0 Å². The van der Waals surface area contributed by atoms with E-state index in [4.69, 9.17) is 11.6 Å². The van der Waals surface area contributed by atoms with E-state index in [1.54, 1.807) is 18.2 Å². The minimum Gasteiger partial charge on any atom is -0.592 e. The Kier molecular flexibility index (Phi) is 3.94. The third kappa shape index (κ3) is 3.06. The number of benzene rings is 1. The normalized spacial score (nSPS) is 12.0. The van der Waals surface area contributed by atoms with Gasteiger partial charge in [-0.15, -0.1) is 0 Å². The van der Waals surface area contributed by atoms with Gasteiger partial charge in [0.25, 0.3) is 0 Å². The first kappa shape index (κ1) is 10.5. The molecule has 0 aromatic heterocycles. The maximum atomic E-state index is 10.8. The minimum atomic E-state index is 0.309. The lowest BCUT2D eigenvalue weighted by molar-refractivity contribution is -0.490. The zero-order chi connectivity index (χ0) is 10.4. The van der Waals surface area contributed by atoms with E-state index in [1.165, 1.54) is 13.3 Å². The summed E-state index contributed by atoms with van der Waals surface area (Å²) < 4.78 is 0. The van der Waals surface area contributed by atoms with Crippen molar-refractivity contribution in [3.63, 3.8) is 0 Å². The van der Waals surface area contributed by atoms with E-state index in [2.05, 4.69) is 10.1 Å². The van der Waals surface area contributed by atoms with Crippen molar-refractivity contribution in [1.29, 1.82) is 0 Å². The molecule has 1 aromatic carbocycles. The average Bonchev–Trinajstić information content (AvgIpc) is 2.17. The molecule has 0 aliphatic carbocycles. The predicted molar refractivity (Wildman–Crippen MR) is 53.6 cm³/mol. The number of hydrogen-bond donors (Lipinski definition) is 0. The first-order valence-corrected chi connectivity index (χ1v) is 4.25. The zero-order valence-electron chi connectivity index (χ0n) is 7.55. The number of rotatable bonds is 3. The third-order valence-electron chi connectivity index (χ3n) is 1.45. The zero-order valence-corrected chi connectivity index (χ0v) is 8.31. The Morgan fingerprint density at radius 2 is 2.21 bits per heavy atom. The second-order valence-electron chi connectivity index (χ2n) is 2.40. The standard InChI is InChI=1S/C9H9ClN2O2/c1-14-11-12(13)7-6-8-4-2-3-5-9(8)10/h2-7H,1H3. The van der Waals surface area contributed by atoms with Crippen LogP contribution in [0.5, 0.6) is 0 Å². The van der Waals surface area contributed by atoms with Gasteiger partial charge in [0, 0.05) is 11.1 Å². The summed E-state index contributed by atoms with van der Waals surface area (Å²) >= 11 is 5.85. The Hall–Kier alpha value is -1.55. The van der Waals surface area contributed by atoms with Crippen LogP contribution >= 0.6 is 11.6 Å². The van der Waals surface area contributed by atoms with Gasteiger partial charge in [-0.2, -0.15) is 0 Å². The van der Waals surface area contributed by atoms with E-state index in [9.17, 15) is 5.21 Å². The summed E-state index contributed by atoms with van der Waals surface area (Å²) in [6.45, 7) is 0. The monoisotopic (exact) mass is 212 g/mol. The summed E-state index contributed by atoms with van der Waals surface area (Å²) in [5.74, 6) is 0. The summed E-state index contributed by atoms with van der Waals surface area (Å²) in [5.41, 5.74) is 0.751. The van der Waals surface area contributed by atoms with Crippen LogP contribution < -0.4 is 0 Å². The molecule has 0 fully saturated rings. The van der Waals surface area contributed by atoms with Gasteiger partial charge in [0.05, 0.1) is 0 Å². The van der Waals surface area contributed by atoms with Crippen molar-refractivity contribution in [2.45, 2.75) is 0 Å². The molecule has 5 heteroatoms. The van der Waals surface area contributed by atoms with Gasteiger partial charge in [-0.05, 0) is 16.5 Å². The molecular weight excluding hydrogens is 204 g/mol. The summed E-state index contributed by atoms with van der Waals surface area (Å²) in [6.07, 6.45) is 2.77. The second kappa shape index (κ2) is 5.24. The molecule has 14 heavy (non-hydrogen) atoms. The Morgan fingerprint density at radius 1 is 1.50 bits per heavy atom. The first-order chi connectivity index (χ1) is 6.74. The Balaban J connectivity index is 2.79. The smallest absolute Gasteiger partial charge is 0.213 e. The lowest BCUT2D eigenvalue weighted by atomic mass is 10.2. The molecule has 1 aromatic rings. The number of hydroxylamine groups is 1. The predicted octanol–water partition coefficient (Wildman–Crippen LogP) is 2.83. The molecule has 1 rings (SSSR count). The molecule has 4 nitrogen and oxygen atoms in total. The molecule has 74 valence electrons. The van der Waals surface area contributed by atoms with Crippen molar-refractivity contribution in [3.8, 4) is 0 Å². The fraction of sp³-hybridized carbons (Fsp3) is 0.111. The Morgan fingerprint density at radius 3 is 2.86 bits per heavy atom. The fourth-order valence-corrected chi connectivity index (χ4v) is 1.06. The van der Waals surface area contributed by atoms with Crippen LogP contribution in [0.1, 0.15) is 5.56 Å². The van der Waals surface area contributed by atoms with Crippen LogP contribution in [-0.2, 0) is 4.84 Å². The van der Waals surface area contributed by atoms with Crippen LogP contribution in [0.2, 0.25) is 5.02 Å². The van der Waals surface area contributed by atoms with Crippen molar-refractivity contribution >= 4 is 17.7 Å². The highest BCUT2D eigenvalue weighted by atomic mass is 35.5. The van der Waals surface area contributed by atoms with E-state index in [-0.39, 0.29) is 0 Å². The Labute approximate surface area is 86.6 Å². The maximum Gasteiger partial charge on any atom is 0.213 e. The van der Waals surface area contributed by atoms with Gasteiger partial charge in [-0.25, -0.2) is 0 Å². The van der Waals surface area contributed by atoms with Crippen molar-refractivity contribution in [2.75, 3.05) is 7.11 Å². The van der Waals surface area contributed by atoms with Gasteiger partial charge in [0.2, 0.25) is 11.5 Å². The Bertz CT molecular complexity index is 364. The van der Waals surface area contributed by atoms with E-state index in [0.717, 1.165) is 5.56 Å². The van der Waals surface area contributed by atoms with Gasteiger partial charge in [-0.3, -0.25) is 0 Å². The SMILES string of the molecule is CON=[N+]([O-])C=Cc1ccccc1Cl. The van der Waals surface area contributed by atoms with Crippen LogP contribution in [0, 0.1) is 5.21 Å². The van der Waals surface area contributed by atoms with Crippen LogP contribution in [0.25, 0.3) is 6.08 Å². The van der Waals surface area contributed by atoms with E-state index >= 15 is 0 Å². The van der Waals surface area contributed by atoms with E-state index in [0.29, 0.717) is 9.88 Å². The highest BCUT2D eigenvalue weighted by molar-refractivity contribution is 6.32. The van der Waals surface area contributed by atoms with E-state index in [1.807, 2.05) is 12.1 Å². The molecule has 0 saturated heterocycles. The molecular formula is C9H9ClN2O2. The summed E-state index contributed by atoms with van der Waals surface area (Å²) in [6, 6.07) is 7.17. The summed E-state index contributed by atoms with van der Waals surface area (Å²) in [5, 5.41) is 14.5. The quantitative estimate of drug-likeness (QED) is 0.439. The first-order valence-electron chi connectivity index (χ1n) is 3.87. The number of hydrogen-bond acceptors (Lipinski definition) is 3. The van der Waals surface area contributed by atoms with Crippen molar-refractivity contribution in [1.82, 2.24) is 0 Å². The molecule has 0 spiro atoms. The molecule has 0 N–H and O–H groups in total. The summed E-state index contributed by atoms with van der Waals surface area (Å²) in [7, 11) is 1.30. The largest absolute Gasteiger partial charge is 0.592 e. The van der Waals surface area contributed by atoms with Crippen molar-refractivity contribution in [3.05, 3.63) is 46.3 Å². The molecule has 0 amide bonds. The maximum absolute atomic E-state index is 10.8. The molecule has 0 bridgehead atoms. The van der Waals surface area contributed by atoms with Gasteiger partial charge >= 0.3 is 0 Å². The van der Waals surface area contributed by atoms with Gasteiger partial charge in [0.15, 0.2) is 0 Å². The van der Waals surface area contributed by atoms with Crippen LogP contribution in [-0.4, -0.2) is 12.0 Å². The molecule has 0 heterocycles. The molecule has 0 saturated carbocycles. The minimum absolute atomic E-state index is 0.309. The summed E-state index contributed by atoms with van der Waals surface area (Å²) in [4.78, 5) is 4.59. The van der Waals surface area contributed by atoms with E-state index < -0.39 is 0 Å². The molecule has 0 radical (unpaired) electrons. The second-order valence-corrected chi connectivity index (χ2v) is 2.81. The lowest BCUT2D eigenvalue weighted by Crippen LogP contribution is -1.88. The lowest BCUT2D eigenvalue weighted by Gasteiger charge is -1.95. The molecule has 0 unspecified atom stereocenters. The number of nitrogens with zero attached hydrogens (tertiary/aromatic N) is 2. The van der Waals surface area contributed by atoms with Crippen LogP contribution in [0.4, 0.5) is 0 Å². The molecule has 0 aliphatic rings.